The molecular weight excluding hydrogens is 314 g/mol. The minimum Gasteiger partial charge on any atom is -0.450 e. The summed E-state index contributed by atoms with van der Waals surface area (Å²) < 4.78 is 5.01. The van der Waals surface area contributed by atoms with E-state index in [2.05, 4.69) is 31.1 Å². The molecule has 0 bridgehead atoms. The highest BCUT2D eigenvalue weighted by Gasteiger charge is 2.29. The number of piperidine rings is 1. The molecule has 6 nitrogen and oxygen atoms in total. The van der Waals surface area contributed by atoms with Crippen molar-refractivity contribution in [1.29, 1.82) is 0 Å². The highest BCUT2D eigenvalue weighted by Crippen LogP contribution is 2.27. The Morgan fingerprint density at radius 1 is 1.48 bits per heavy atom. The number of thiazole rings is 1. The monoisotopic (exact) mass is 339 g/mol. The Labute approximate surface area is 141 Å². The van der Waals surface area contributed by atoms with E-state index in [0.717, 1.165) is 18.5 Å². The quantitative estimate of drug-likeness (QED) is 0.917. The van der Waals surface area contributed by atoms with Crippen molar-refractivity contribution in [1.82, 2.24) is 9.88 Å². The third-order valence-corrected chi connectivity index (χ3v) is 4.58. The molecule has 1 saturated heterocycles. The summed E-state index contributed by atoms with van der Waals surface area (Å²) in [7, 11) is 0. The lowest BCUT2D eigenvalue weighted by molar-refractivity contribution is -0.121. The smallest absolute Gasteiger partial charge is 0.409 e. The zero-order valence-electron chi connectivity index (χ0n) is 14.2. The number of carbonyl (C=O) groups excluding carboxylic acids is 2. The first-order valence-electron chi connectivity index (χ1n) is 8.00. The molecule has 23 heavy (non-hydrogen) atoms. The van der Waals surface area contributed by atoms with Gasteiger partial charge in [0, 0.05) is 23.9 Å². The first kappa shape index (κ1) is 17.7. The number of hydrogen-bond acceptors (Lipinski definition) is 5. The van der Waals surface area contributed by atoms with E-state index >= 15 is 0 Å². The summed E-state index contributed by atoms with van der Waals surface area (Å²) in [5, 5.41) is 5.48. The minimum absolute atomic E-state index is 0.0367. The van der Waals surface area contributed by atoms with Gasteiger partial charge in [-0.2, -0.15) is 0 Å². The lowest BCUT2D eigenvalue weighted by atomic mass is 9.93. The Kier molecular flexibility index (Phi) is 5.62. The second kappa shape index (κ2) is 7.29. The van der Waals surface area contributed by atoms with Gasteiger partial charge >= 0.3 is 6.09 Å². The summed E-state index contributed by atoms with van der Waals surface area (Å²) in [5.41, 5.74) is 0.931. The number of ether oxygens (including phenoxy) is 1. The second-order valence-electron chi connectivity index (χ2n) is 6.76. The molecule has 1 aliphatic heterocycles. The summed E-state index contributed by atoms with van der Waals surface area (Å²) in [6, 6.07) is 0. The molecule has 2 amide bonds. The van der Waals surface area contributed by atoms with Crippen molar-refractivity contribution in [2.45, 2.75) is 46.0 Å². The Morgan fingerprint density at radius 2 is 2.22 bits per heavy atom. The zero-order valence-corrected chi connectivity index (χ0v) is 15.0. The molecule has 2 heterocycles. The van der Waals surface area contributed by atoms with E-state index in [0.29, 0.717) is 24.8 Å². The molecule has 0 saturated carbocycles. The van der Waals surface area contributed by atoms with Crippen LogP contribution in [0.3, 0.4) is 0 Å². The van der Waals surface area contributed by atoms with Gasteiger partial charge in [-0.1, -0.05) is 20.8 Å². The van der Waals surface area contributed by atoms with Crippen molar-refractivity contribution in [2.75, 3.05) is 25.0 Å². The topological polar surface area (TPSA) is 71.5 Å². The predicted octanol–water partition coefficient (Wildman–Crippen LogP) is 3.25. The lowest BCUT2D eigenvalue weighted by Gasteiger charge is -2.30. The number of anilines is 1. The van der Waals surface area contributed by atoms with Crippen LogP contribution in [0.4, 0.5) is 9.93 Å². The fourth-order valence-corrected chi connectivity index (χ4v) is 3.39. The van der Waals surface area contributed by atoms with Crippen LogP contribution in [-0.2, 0) is 14.9 Å². The van der Waals surface area contributed by atoms with Gasteiger partial charge in [0.1, 0.15) is 0 Å². The van der Waals surface area contributed by atoms with Crippen molar-refractivity contribution < 1.29 is 14.3 Å². The fourth-order valence-electron chi connectivity index (χ4n) is 2.45. The standard InChI is InChI=1S/C16H25N3O3S/c1-5-22-15(21)19-8-6-7-11(9-19)13(20)18-14-17-12(10-23-14)16(2,3)4/h10-11H,5-9H2,1-4H3,(H,17,18,20). The molecule has 128 valence electrons. The SMILES string of the molecule is CCOC(=O)N1CCCC(C(=O)Nc2nc(C(C)(C)C)cs2)C1. The zero-order chi connectivity index (χ0) is 17.0. The number of carbonyl (C=O) groups is 2. The van der Waals surface area contributed by atoms with Gasteiger partial charge < -0.3 is 15.0 Å². The normalized spacial score (nSPS) is 18.6. The maximum atomic E-state index is 12.4. The Morgan fingerprint density at radius 3 is 2.83 bits per heavy atom. The van der Waals surface area contributed by atoms with Gasteiger partial charge in [-0.15, -0.1) is 11.3 Å². The van der Waals surface area contributed by atoms with Gasteiger partial charge in [0.25, 0.3) is 0 Å². The molecular formula is C16H25N3O3S. The molecule has 0 aromatic carbocycles. The molecule has 1 aliphatic rings. The Hall–Kier alpha value is -1.63. The second-order valence-corrected chi connectivity index (χ2v) is 7.62. The van der Waals surface area contributed by atoms with E-state index in [9.17, 15) is 9.59 Å². The largest absolute Gasteiger partial charge is 0.450 e. The van der Waals surface area contributed by atoms with Gasteiger partial charge in [0.15, 0.2) is 5.13 Å². The van der Waals surface area contributed by atoms with Crippen LogP contribution in [0.5, 0.6) is 0 Å². The molecule has 7 heteroatoms. The van der Waals surface area contributed by atoms with Crippen LogP contribution in [0.15, 0.2) is 5.38 Å². The third kappa shape index (κ3) is 4.67. The van der Waals surface area contributed by atoms with Crippen LogP contribution in [-0.4, -0.2) is 41.6 Å². The molecule has 1 N–H and O–H groups in total. The van der Waals surface area contributed by atoms with E-state index in [-0.39, 0.29) is 23.3 Å². The van der Waals surface area contributed by atoms with Crippen LogP contribution in [0, 0.1) is 5.92 Å². The summed E-state index contributed by atoms with van der Waals surface area (Å²) in [5.74, 6) is -0.288. The molecule has 0 spiro atoms. The van der Waals surface area contributed by atoms with Gasteiger partial charge in [0.05, 0.1) is 18.2 Å². The number of likely N-dealkylation sites (tertiary alicyclic amines) is 1. The lowest BCUT2D eigenvalue weighted by Crippen LogP contribution is -2.44. The molecule has 0 radical (unpaired) electrons. The molecule has 1 unspecified atom stereocenters. The van der Waals surface area contributed by atoms with Crippen molar-refractivity contribution in [3.8, 4) is 0 Å². The van der Waals surface area contributed by atoms with Gasteiger partial charge in [0.2, 0.25) is 5.91 Å². The summed E-state index contributed by atoms with van der Waals surface area (Å²) >= 11 is 1.44. The first-order chi connectivity index (χ1) is 10.8. The van der Waals surface area contributed by atoms with E-state index in [1.807, 2.05) is 5.38 Å². The molecule has 1 aromatic heterocycles. The number of aromatic nitrogens is 1. The van der Waals surface area contributed by atoms with Crippen LogP contribution >= 0.6 is 11.3 Å². The highest BCUT2D eigenvalue weighted by molar-refractivity contribution is 7.13. The van der Waals surface area contributed by atoms with E-state index in [4.69, 9.17) is 4.74 Å². The van der Waals surface area contributed by atoms with E-state index in [1.165, 1.54) is 11.3 Å². The number of rotatable bonds is 3. The average molecular weight is 339 g/mol. The van der Waals surface area contributed by atoms with Crippen molar-refractivity contribution in [2.24, 2.45) is 5.92 Å². The van der Waals surface area contributed by atoms with Crippen LogP contribution in [0.25, 0.3) is 0 Å². The molecule has 1 atom stereocenters. The van der Waals surface area contributed by atoms with Gasteiger partial charge in [-0.25, -0.2) is 9.78 Å². The predicted molar refractivity (Wildman–Crippen MR) is 90.8 cm³/mol. The van der Waals surface area contributed by atoms with Crippen LogP contribution in [0.1, 0.15) is 46.2 Å². The van der Waals surface area contributed by atoms with Crippen molar-refractivity contribution >= 4 is 28.5 Å². The van der Waals surface area contributed by atoms with Crippen molar-refractivity contribution in [3.05, 3.63) is 11.1 Å². The highest BCUT2D eigenvalue weighted by atomic mass is 32.1. The van der Waals surface area contributed by atoms with E-state index < -0.39 is 0 Å². The number of hydrogen-bond donors (Lipinski definition) is 1. The maximum Gasteiger partial charge on any atom is 0.409 e. The molecule has 1 aromatic rings. The Balaban J connectivity index is 1.95. The number of amides is 2. The summed E-state index contributed by atoms with van der Waals surface area (Å²) in [6.45, 7) is 9.45. The summed E-state index contributed by atoms with van der Waals surface area (Å²) in [4.78, 5) is 30.3. The van der Waals surface area contributed by atoms with Gasteiger partial charge in [-0.05, 0) is 19.8 Å². The van der Waals surface area contributed by atoms with Gasteiger partial charge in [-0.3, -0.25) is 4.79 Å². The number of nitrogens with zero attached hydrogens (tertiary/aromatic N) is 2. The van der Waals surface area contributed by atoms with Crippen LogP contribution < -0.4 is 5.32 Å². The fraction of sp³-hybridized carbons (Fsp3) is 0.688. The first-order valence-corrected chi connectivity index (χ1v) is 8.87. The minimum atomic E-state index is -0.339. The average Bonchev–Trinajstić information content (AvgIpc) is 2.96. The third-order valence-electron chi connectivity index (χ3n) is 3.82. The maximum absolute atomic E-state index is 12.4. The van der Waals surface area contributed by atoms with Crippen LogP contribution in [0.2, 0.25) is 0 Å². The van der Waals surface area contributed by atoms with Crippen molar-refractivity contribution in [3.63, 3.8) is 0 Å². The molecule has 2 rings (SSSR count). The molecule has 1 fully saturated rings. The molecule has 0 aliphatic carbocycles. The summed E-state index contributed by atoms with van der Waals surface area (Å²) in [6.07, 6.45) is 1.25. The number of nitrogens with one attached hydrogen (secondary N) is 1. The van der Waals surface area contributed by atoms with E-state index in [1.54, 1.807) is 11.8 Å². The Bertz CT molecular complexity index is 565.